The fraction of sp³-hybridized carbons (Fsp3) is 0.429. The van der Waals surface area contributed by atoms with Gasteiger partial charge in [0.15, 0.2) is 0 Å². The molecule has 0 aliphatic heterocycles. The van der Waals surface area contributed by atoms with Crippen LogP contribution in [-0.4, -0.2) is 44.4 Å². The highest BCUT2D eigenvalue weighted by Crippen LogP contribution is 2.29. The fourth-order valence-corrected chi connectivity index (χ4v) is 4.34. The Labute approximate surface area is 179 Å². The molecule has 0 radical (unpaired) electrons. The number of carbonyl (C=O) groups is 3. The van der Waals surface area contributed by atoms with E-state index in [1.165, 1.54) is 9.47 Å². The molecule has 30 heavy (non-hydrogen) atoms. The maximum atomic E-state index is 13.4. The van der Waals surface area contributed by atoms with E-state index in [4.69, 9.17) is 17.3 Å². The van der Waals surface area contributed by atoms with E-state index < -0.39 is 23.7 Å². The lowest BCUT2D eigenvalue weighted by Crippen LogP contribution is -2.47. The number of hydrogen-bond acceptors (Lipinski definition) is 5. The van der Waals surface area contributed by atoms with Crippen LogP contribution < -0.4 is 10.6 Å². The maximum Gasteiger partial charge on any atom is 0.302 e. The van der Waals surface area contributed by atoms with Gasteiger partial charge in [-0.15, -0.1) is 0 Å². The molecule has 1 aliphatic carbocycles. The molecule has 8 nitrogen and oxygen atoms in total. The Morgan fingerprint density at radius 1 is 1.20 bits per heavy atom. The number of nitrogens with zero attached hydrogens (tertiary/aromatic N) is 3. The number of primary amides is 1. The largest absolute Gasteiger partial charge is 0.393 e. The minimum Gasteiger partial charge on any atom is -0.393 e. The number of aliphatic hydroxyl groups excluding tert-OH is 1. The van der Waals surface area contributed by atoms with Crippen LogP contribution in [0.25, 0.3) is 0 Å². The number of amides is 2. The van der Waals surface area contributed by atoms with Crippen LogP contribution in [0.4, 0.5) is 5.82 Å². The van der Waals surface area contributed by atoms with Crippen LogP contribution in [0.1, 0.15) is 57.8 Å². The predicted molar refractivity (Wildman–Crippen MR) is 113 cm³/mol. The van der Waals surface area contributed by atoms with Crippen molar-refractivity contribution >= 4 is 35.0 Å². The van der Waals surface area contributed by atoms with E-state index in [0.29, 0.717) is 36.9 Å². The zero-order valence-corrected chi connectivity index (χ0v) is 17.9. The molecule has 0 atom stereocenters. The summed E-state index contributed by atoms with van der Waals surface area (Å²) >= 11 is 6.03. The van der Waals surface area contributed by atoms with Crippen molar-refractivity contribution in [1.29, 1.82) is 0 Å². The zero-order valence-electron chi connectivity index (χ0n) is 17.2. The van der Waals surface area contributed by atoms with E-state index in [1.807, 2.05) is 0 Å². The van der Waals surface area contributed by atoms with Gasteiger partial charge in [-0.3, -0.25) is 19.3 Å². The summed E-state index contributed by atoms with van der Waals surface area (Å²) in [5.74, 6) is -1.88. The topological polar surface area (TPSA) is 119 Å². The van der Waals surface area contributed by atoms with Crippen LogP contribution in [0.2, 0.25) is 5.15 Å². The quantitative estimate of drug-likeness (QED) is 0.427. The molecule has 2 aromatic heterocycles. The normalized spacial score (nSPS) is 18.8. The number of hydrogen-bond donors (Lipinski definition) is 2. The second kappa shape index (κ2) is 8.57. The number of pyridine rings is 1. The molecule has 2 aromatic rings. The molecule has 2 amide bonds. The van der Waals surface area contributed by atoms with Crippen molar-refractivity contribution in [3.05, 3.63) is 45.9 Å². The highest BCUT2D eigenvalue weighted by atomic mass is 35.5. The van der Waals surface area contributed by atoms with Gasteiger partial charge in [0, 0.05) is 18.8 Å². The summed E-state index contributed by atoms with van der Waals surface area (Å²) in [7, 11) is 1.62. The molecular weight excluding hydrogens is 408 g/mol. The van der Waals surface area contributed by atoms with Gasteiger partial charge in [-0.2, -0.15) is 0 Å². The van der Waals surface area contributed by atoms with Gasteiger partial charge in [0.25, 0.3) is 11.7 Å². The second-order valence-corrected chi connectivity index (χ2v) is 8.03. The molecule has 0 spiro atoms. The number of rotatable bonds is 5. The van der Waals surface area contributed by atoms with Crippen molar-refractivity contribution < 1.29 is 19.5 Å². The molecule has 3 rings (SSSR count). The van der Waals surface area contributed by atoms with Crippen molar-refractivity contribution in [2.45, 2.75) is 51.7 Å². The zero-order chi connectivity index (χ0) is 22.2. The van der Waals surface area contributed by atoms with Crippen molar-refractivity contribution in [2.24, 2.45) is 12.8 Å². The molecule has 2 heterocycles. The standard InChI is InChI=1S/C21H25ClN4O4/c1-11-17(20(23)29)12(2)25(3)18(11)19(28)21(30)26(13-7-9-14(27)10-8-13)16-6-4-5-15(22)24-16/h4-6,13-14,27H,7-10H2,1-3H3,(H2,23,29). The molecular formula is C21H25ClN4O4. The minimum absolute atomic E-state index is 0.120. The summed E-state index contributed by atoms with van der Waals surface area (Å²) in [6, 6.07) is 4.58. The van der Waals surface area contributed by atoms with Gasteiger partial charge >= 0.3 is 5.91 Å². The molecule has 9 heteroatoms. The SMILES string of the molecule is Cc1c(C(N)=O)c(C)n(C)c1C(=O)C(=O)N(c1cccc(Cl)n1)C1CCC(O)CC1. The lowest BCUT2D eigenvalue weighted by Gasteiger charge is -2.34. The first-order valence-corrected chi connectivity index (χ1v) is 10.2. The first-order valence-electron chi connectivity index (χ1n) is 9.77. The van der Waals surface area contributed by atoms with E-state index in [-0.39, 0.29) is 28.3 Å². The molecule has 0 saturated heterocycles. The van der Waals surface area contributed by atoms with Crippen LogP contribution in [0.15, 0.2) is 18.2 Å². The highest BCUT2D eigenvalue weighted by Gasteiger charge is 2.36. The molecule has 1 saturated carbocycles. The number of aromatic nitrogens is 2. The fourth-order valence-electron chi connectivity index (χ4n) is 4.18. The summed E-state index contributed by atoms with van der Waals surface area (Å²) in [4.78, 5) is 44.2. The van der Waals surface area contributed by atoms with Crippen molar-refractivity contribution in [3.63, 3.8) is 0 Å². The number of anilines is 1. The van der Waals surface area contributed by atoms with E-state index >= 15 is 0 Å². The Morgan fingerprint density at radius 3 is 2.37 bits per heavy atom. The molecule has 0 aromatic carbocycles. The smallest absolute Gasteiger partial charge is 0.302 e. The second-order valence-electron chi connectivity index (χ2n) is 7.64. The summed E-state index contributed by atoms with van der Waals surface area (Å²) in [5.41, 5.74) is 6.71. The maximum absolute atomic E-state index is 13.4. The van der Waals surface area contributed by atoms with E-state index in [1.54, 1.807) is 39.1 Å². The number of halogens is 1. The Kier molecular flexibility index (Phi) is 6.28. The third-order valence-electron chi connectivity index (χ3n) is 5.78. The van der Waals surface area contributed by atoms with E-state index in [2.05, 4.69) is 4.98 Å². The first kappa shape index (κ1) is 22.0. The van der Waals surface area contributed by atoms with Crippen LogP contribution in [0.5, 0.6) is 0 Å². The van der Waals surface area contributed by atoms with Gasteiger partial charge in [0.1, 0.15) is 11.0 Å². The molecule has 160 valence electrons. The lowest BCUT2D eigenvalue weighted by atomic mass is 9.91. The molecule has 1 aliphatic rings. The first-order chi connectivity index (χ1) is 14.1. The Balaban J connectivity index is 2.04. The Hall–Kier alpha value is -2.71. The third kappa shape index (κ3) is 3.97. The number of carbonyl (C=O) groups excluding carboxylic acids is 3. The lowest BCUT2D eigenvalue weighted by molar-refractivity contribution is -0.115. The van der Waals surface area contributed by atoms with Gasteiger partial charge in [-0.05, 0) is 57.2 Å². The van der Waals surface area contributed by atoms with Gasteiger partial charge in [-0.25, -0.2) is 4.98 Å². The van der Waals surface area contributed by atoms with Crippen LogP contribution in [0, 0.1) is 13.8 Å². The molecule has 1 fully saturated rings. The number of ketones is 1. The van der Waals surface area contributed by atoms with Crippen molar-refractivity contribution in [3.8, 4) is 0 Å². The average molecular weight is 433 g/mol. The van der Waals surface area contributed by atoms with Gasteiger partial charge in [0.2, 0.25) is 0 Å². The van der Waals surface area contributed by atoms with Crippen LogP contribution in [0.3, 0.4) is 0 Å². The minimum atomic E-state index is -0.758. The monoisotopic (exact) mass is 432 g/mol. The van der Waals surface area contributed by atoms with Crippen LogP contribution in [-0.2, 0) is 11.8 Å². The van der Waals surface area contributed by atoms with Gasteiger partial charge in [0.05, 0.1) is 17.4 Å². The van der Waals surface area contributed by atoms with Gasteiger partial charge < -0.3 is 15.4 Å². The average Bonchev–Trinajstić information content (AvgIpc) is 2.91. The summed E-state index contributed by atoms with van der Waals surface area (Å²) in [6.07, 6.45) is 1.70. The number of nitrogens with two attached hydrogens (primary N) is 1. The van der Waals surface area contributed by atoms with Crippen molar-refractivity contribution in [1.82, 2.24) is 9.55 Å². The van der Waals surface area contributed by atoms with Gasteiger partial charge in [-0.1, -0.05) is 17.7 Å². The predicted octanol–water partition coefficient (Wildman–Crippen LogP) is 2.31. The highest BCUT2D eigenvalue weighted by molar-refractivity contribution is 6.47. The Morgan fingerprint density at radius 2 is 1.83 bits per heavy atom. The van der Waals surface area contributed by atoms with Crippen LogP contribution >= 0.6 is 11.6 Å². The summed E-state index contributed by atoms with van der Waals surface area (Å²) in [6.45, 7) is 3.28. The summed E-state index contributed by atoms with van der Waals surface area (Å²) in [5, 5.41) is 10.1. The molecule has 3 N–H and O–H groups in total. The number of aliphatic hydroxyl groups is 1. The number of Topliss-reactive ketones (excluding diaryl/α,β-unsaturated/α-hetero) is 1. The molecule has 0 bridgehead atoms. The van der Waals surface area contributed by atoms with E-state index in [0.717, 1.165) is 0 Å². The van der Waals surface area contributed by atoms with Crippen molar-refractivity contribution in [2.75, 3.05) is 4.90 Å². The Bertz CT molecular complexity index is 1010. The third-order valence-corrected chi connectivity index (χ3v) is 5.99. The van der Waals surface area contributed by atoms with E-state index in [9.17, 15) is 19.5 Å². The molecule has 0 unspecified atom stereocenters. The summed E-state index contributed by atoms with van der Waals surface area (Å²) < 4.78 is 1.52.